The minimum atomic E-state index is -1.13. The van der Waals surface area contributed by atoms with Gasteiger partial charge >= 0.3 is 12.1 Å². The van der Waals surface area contributed by atoms with Gasteiger partial charge in [0.15, 0.2) is 23.5 Å². The van der Waals surface area contributed by atoms with Crippen LogP contribution in [0.2, 0.25) is 0 Å². The molecule has 176 valence electrons. The number of oxazole rings is 1. The number of methoxy groups -OCH3 is 1. The zero-order chi connectivity index (χ0) is 24.6. The van der Waals surface area contributed by atoms with Crippen LogP contribution in [0.1, 0.15) is 36.7 Å². The molecule has 2 aromatic carbocycles. The highest BCUT2D eigenvalue weighted by Crippen LogP contribution is 2.17. The van der Waals surface area contributed by atoms with Gasteiger partial charge in [0.2, 0.25) is 0 Å². The number of amides is 1. The summed E-state index contributed by atoms with van der Waals surface area (Å²) in [6.07, 6.45) is 1.27. The van der Waals surface area contributed by atoms with E-state index < -0.39 is 29.5 Å². The maximum absolute atomic E-state index is 12.8. The Morgan fingerprint density at radius 3 is 2.55 bits per heavy atom. The topological polar surface area (TPSA) is 128 Å². The third kappa shape index (κ3) is 7.91. The van der Waals surface area contributed by atoms with Crippen molar-refractivity contribution in [3.63, 3.8) is 0 Å². The molecule has 0 spiro atoms. The van der Waals surface area contributed by atoms with Crippen molar-refractivity contribution in [1.82, 2.24) is 10.3 Å². The highest BCUT2D eigenvalue weighted by molar-refractivity contribution is 5.81. The van der Waals surface area contributed by atoms with Crippen LogP contribution in [0.25, 0.3) is 11.1 Å². The molecule has 3 aromatic rings. The fraction of sp³-hybridized carbons (Fsp3) is 0.304. The summed E-state index contributed by atoms with van der Waals surface area (Å²) >= 11 is 0. The Hall–Kier alpha value is -3.95. The van der Waals surface area contributed by atoms with E-state index in [2.05, 4.69) is 15.0 Å². The Kier molecular flexibility index (Phi) is 8.49. The van der Waals surface area contributed by atoms with Crippen LogP contribution in [-0.4, -0.2) is 47.2 Å². The maximum Gasteiger partial charge on any atom is 0.408 e. The second-order valence-electron chi connectivity index (χ2n) is 7.91. The molecule has 9 nitrogen and oxygen atoms in total. The number of aliphatic carboxylic acids is 1. The van der Waals surface area contributed by atoms with Crippen LogP contribution in [0.15, 0.2) is 47.2 Å². The summed E-state index contributed by atoms with van der Waals surface area (Å²) in [6, 6.07) is 8.13. The molecule has 3 rings (SSSR count). The molecule has 33 heavy (non-hydrogen) atoms. The van der Waals surface area contributed by atoms with E-state index in [0.717, 1.165) is 11.6 Å². The lowest BCUT2D eigenvalue weighted by molar-refractivity contribution is -0.139. The van der Waals surface area contributed by atoms with Crippen LogP contribution in [0.4, 0.5) is 9.18 Å². The molecule has 0 unspecified atom stereocenters. The molecule has 0 aliphatic rings. The number of carbonyl (C=O) groups excluding carboxylic acids is 2. The van der Waals surface area contributed by atoms with E-state index in [1.54, 1.807) is 39.0 Å². The van der Waals surface area contributed by atoms with E-state index in [-0.39, 0.29) is 12.2 Å². The normalized spacial score (nSPS) is 11.7. The molecule has 0 aliphatic heterocycles. The summed E-state index contributed by atoms with van der Waals surface area (Å²) in [5, 5.41) is 11.6. The number of hydrogen-bond acceptors (Lipinski definition) is 7. The second-order valence-corrected chi connectivity index (χ2v) is 7.91. The molecule has 1 amide bonds. The van der Waals surface area contributed by atoms with Gasteiger partial charge in [-0.15, -0.1) is 0 Å². The molecule has 0 fully saturated rings. The molecule has 10 heteroatoms. The van der Waals surface area contributed by atoms with Gasteiger partial charge in [0.1, 0.15) is 23.4 Å². The van der Waals surface area contributed by atoms with Gasteiger partial charge in [-0.25, -0.2) is 19.0 Å². The Morgan fingerprint density at radius 2 is 1.97 bits per heavy atom. The number of nitrogens with one attached hydrogen (secondary N) is 1. The van der Waals surface area contributed by atoms with E-state index in [1.807, 2.05) is 0 Å². The average molecular weight is 460 g/mol. The van der Waals surface area contributed by atoms with Crippen molar-refractivity contribution in [2.75, 3.05) is 7.11 Å². The predicted octanol–water partition coefficient (Wildman–Crippen LogP) is 4.00. The van der Waals surface area contributed by atoms with E-state index in [9.17, 15) is 23.9 Å². The third-order valence-corrected chi connectivity index (χ3v) is 4.14. The quantitative estimate of drug-likeness (QED) is 0.529. The summed E-state index contributed by atoms with van der Waals surface area (Å²) in [5.41, 5.74) is 1.61. The molecule has 2 N–H and O–H groups in total. The predicted molar refractivity (Wildman–Crippen MR) is 117 cm³/mol. The number of nitrogens with zero attached hydrogens (tertiary/aromatic N) is 1. The second kappa shape index (κ2) is 11.1. The number of rotatable bonds is 6. The molecule has 1 aromatic heterocycles. The minimum Gasteiger partial charge on any atom is -0.494 e. The molecule has 0 aliphatic carbocycles. The van der Waals surface area contributed by atoms with Gasteiger partial charge in [-0.05, 0) is 56.7 Å². The zero-order valence-electron chi connectivity index (χ0n) is 18.6. The highest BCUT2D eigenvalue weighted by atomic mass is 19.1. The van der Waals surface area contributed by atoms with Crippen LogP contribution < -0.4 is 10.1 Å². The van der Waals surface area contributed by atoms with E-state index in [4.69, 9.17) is 9.15 Å². The number of halogens is 1. The average Bonchev–Trinajstić information content (AvgIpc) is 3.20. The number of benzene rings is 2. The molecule has 1 atom stereocenters. The Bertz CT molecular complexity index is 1120. The number of ether oxygens (including phenoxy) is 2. The summed E-state index contributed by atoms with van der Waals surface area (Å²) in [4.78, 5) is 37.2. The van der Waals surface area contributed by atoms with Crippen molar-refractivity contribution in [2.45, 2.75) is 38.8 Å². The number of hydrogen-bond donors (Lipinski definition) is 2. The first kappa shape index (κ1) is 25.3. The lowest BCUT2D eigenvalue weighted by atomic mass is 10.1. The van der Waals surface area contributed by atoms with Gasteiger partial charge < -0.3 is 24.3 Å². The molecule has 0 bridgehead atoms. The standard InChI is InChI=1S/C15H18N2O5.C8H7FO2/c1-15(2,3)22-14(20)17-11(13(18)19)7-9-4-5-12-10(6-9)16-8-21-12;1-11-8-3-2-6(5-10)4-7(8)9/h4-6,8,11H,7H2,1-3H3,(H,17,20)(H,18,19);2-5H,1H3/t11-;/m0./s1. The Balaban J connectivity index is 0.000000294. The van der Waals surface area contributed by atoms with Crippen LogP contribution in [0.3, 0.4) is 0 Å². The van der Waals surface area contributed by atoms with Crippen molar-refractivity contribution < 1.29 is 37.8 Å². The molecule has 0 radical (unpaired) electrons. The van der Waals surface area contributed by atoms with Crippen LogP contribution >= 0.6 is 0 Å². The first-order valence-electron chi connectivity index (χ1n) is 9.85. The van der Waals surface area contributed by atoms with Gasteiger partial charge in [-0.3, -0.25) is 4.79 Å². The number of aldehydes is 1. The number of alkyl carbamates (subject to hydrolysis) is 1. The first-order chi connectivity index (χ1) is 15.5. The number of carbonyl (C=O) groups is 3. The van der Waals surface area contributed by atoms with Gasteiger partial charge in [-0.2, -0.15) is 0 Å². The van der Waals surface area contributed by atoms with Crippen molar-refractivity contribution >= 4 is 29.4 Å². The van der Waals surface area contributed by atoms with Crippen molar-refractivity contribution in [2.24, 2.45) is 0 Å². The smallest absolute Gasteiger partial charge is 0.408 e. The number of carboxylic acid groups (broad SMARTS) is 1. The number of aromatic nitrogens is 1. The van der Waals surface area contributed by atoms with Gasteiger partial charge in [0.05, 0.1) is 7.11 Å². The van der Waals surface area contributed by atoms with E-state index >= 15 is 0 Å². The SMILES string of the molecule is CC(C)(C)OC(=O)N[C@@H](Cc1ccc2ocnc2c1)C(=O)O.COc1ccc(C=O)cc1F. The van der Waals surface area contributed by atoms with Crippen LogP contribution in [0.5, 0.6) is 5.75 Å². The van der Waals surface area contributed by atoms with Gasteiger partial charge in [-0.1, -0.05) is 6.07 Å². The summed E-state index contributed by atoms with van der Waals surface area (Å²) < 4.78 is 27.6. The van der Waals surface area contributed by atoms with Crippen molar-refractivity contribution in [3.8, 4) is 5.75 Å². The minimum absolute atomic E-state index is 0.122. The summed E-state index contributed by atoms with van der Waals surface area (Å²) in [7, 11) is 1.37. The van der Waals surface area contributed by atoms with Gasteiger partial charge in [0, 0.05) is 12.0 Å². The van der Waals surface area contributed by atoms with Crippen LogP contribution in [0, 0.1) is 5.82 Å². The number of fused-ring (bicyclic) bond motifs is 1. The Labute approximate surface area is 189 Å². The molecular formula is C23H25FN2O7. The maximum atomic E-state index is 12.8. The molecular weight excluding hydrogens is 435 g/mol. The zero-order valence-corrected chi connectivity index (χ0v) is 18.6. The Morgan fingerprint density at radius 1 is 1.24 bits per heavy atom. The van der Waals surface area contributed by atoms with Gasteiger partial charge in [0.25, 0.3) is 0 Å². The van der Waals surface area contributed by atoms with E-state index in [0.29, 0.717) is 22.9 Å². The summed E-state index contributed by atoms with van der Waals surface area (Å²) in [6.45, 7) is 5.13. The van der Waals surface area contributed by atoms with Crippen molar-refractivity contribution in [3.05, 3.63) is 59.7 Å². The summed E-state index contributed by atoms with van der Waals surface area (Å²) in [5.74, 6) is -1.50. The monoisotopic (exact) mass is 460 g/mol. The third-order valence-electron chi connectivity index (χ3n) is 4.14. The van der Waals surface area contributed by atoms with Crippen molar-refractivity contribution in [1.29, 1.82) is 0 Å². The lowest BCUT2D eigenvalue weighted by Crippen LogP contribution is -2.44. The highest BCUT2D eigenvalue weighted by Gasteiger charge is 2.24. The fourth-order valence-corrected chi connectivity index (χ4v) is 2.67. The molecule has 1 heterocycles. The molecule has 0 saturated heterocycles. The first-order valence-corrected chi connectivity index (χ1v) is 9.85. The lowest BCUT2D eigenvalue weighted by Gasteiger charge is -2.22. The van der Waals surface area contributed by atoms with Crippen LogP contribution in [-0.2, 0) is 16.0 Å². The largest absolute Gasteiger partial charge is 0.494 e. The fourth-order valence-electron chi connectivity index (χ4n) is 2.67. The molecule has 0 saturated carbocycles. The van der Waals surface area contributed by atoms with E-state index in [1.165, 1.54) is 25.6 Å². The number of carboxylic acids is 1.